The van der Waals surface area contributed by atoms with E-state index in [2.05, 4.69) is 24.6 Å². The summed E-state index contributed by atoms with van der Waals surface area (Å²) in [5.41, 5.74) is 0. The van der Waals surface area contributed by atoms with E-state index < -0.39 is 10.4 Å². The zero-order valence-corrected chi connectivity index (χ0v) is 20.0. The van der Waals surface area contributed by atoms with E-state index in [1.807, 2.05) is 0 Å². The van der Waals surface area contributed by atoms with Gasteiger partial charge in [0, 0.05) is 0 Å². The maximum atomic E-state index is 10.4. The molecule has 0 amide bonds. The minimum atomic E-state index is -4.65. The van der Waals surface area contributed by atoms with Gasteiger partial charge in [-0.15, -0.1) is 6.58 Å². The van der Waals surface area contributed by atoms with E-state index in [0.29, 0.717) is 13.2 Å². The fourth-order valence-corrected chi connectivity index (χ4v) is 2.58. The molecule has 0 radical (unpaired) electrons. The van der Waals surface area contributed by atoms with Crippen molar-refractivity contribution in [2.75, 3.05) is 26.4 Å². The van der Waals surface area contributed by atoms with E-state index in [1.54, 1.807) is 6.08 Å². The zero-order valence-electron chi connectivity index (χ0n) is 16.1. The van der Waals surface area contributed by atoms with Crippen LogP contribution in [-0.4, -0.2) is 45.5 Å². The molecule has 0 bridgehead atoms. The minimum Gasteiger partial charge on any atom is -0.726 e. The molecule has 0 aliphatic carbocycles. The van der Waals surface area contributed by atoms with Crippen molar-refractivity contribution in [1.82, 2.24) is 0 Å². The zero-order chi connectivity index (χ0) is 18.3. The molecule has 0 aromatic heterocycles. The van der Waals surface area contributed by atoms with Gasteiger partial charge in [-0.05, 0) is 12.3 Å². The van der Waals surface area contributed by atoms with Gasteiger partial charge in [-0.3, -0.25) is 4.18 Å². The molecule has 144 valence electrons. The van der Waals surface area contributed by atoms with Crippen LogP contribution in [0, 0.1) is 5.92 Å². The van der Waals surface area contributed by atoms with Gasteiger partial charge in [0.1, 0.15) is 0 Å². The predicted molar refractivity (Wildman–Crippen MR) is 93.6 cm³/mol. The maximum absolute atomic E-state index is 10.4. The molecule has 0 rings (SSSR count). The average molecular weight is 405 g/mol. The van der Waals surface area contributed by atoms with Crippen LogP contribution in [0.5, 0.6) is 0 Å². The summed E-state index contributed by atoms with van der Waals surface area (Å²) < 4.78 is 46.2. The van der Waals surface area contributed by atoms with E-state index in [1.165, 1.54) is 25.7 Å². The topological polar surface area (TPSA) is 84.9 Å². The second kappa shape index (κ2) is 18.5. The van der Waals surface area contributed by atoms with Crippen molar-refractivity contribution in [3.63, 3.8) is 0 Å². The first kappa shape index (κ1) is 28.4. The fourth-order valence-electron chi connectivity index (χ4n) is 2.30. The smallest absolute Gasteiger partial charge is 0.726 e. The molecule has 0 spiro atoms. The summed E-state index contributed by atoms with van der Waals surface area (Å²) in [5, 5.41) is 0. The third kappa shape index (κ3) is 23.1. The van der Waals surface area contributed by atoms with Crippen molar-refractivity contribution >= 4 is 10.4 Å². The Bertz CT molecular complexity index is 400. The molecule has 1 atom stereocenters. The molecule has 0 aromatic carbocycles. The van der Waals surface area contributed by atoms with Crippen molar-refractivity contribution in [1.29, 1.82) is 0 Å². The predicted octanol–water partition coefficient (Wildman–Crippen LogP) is 0.442. The molecule has 0 aliphatic rings. The Labute approximate surface area is 196 Å². The van der Waals surface area contributed by atoms with Crippen LogP contribution in [0.1, 0.15) is 58.8 Å². The summed E-state index contributed by atoms with van der Waals surface area (Å²) in [6, 6.07) is 0. The van der Waals surface area contributed by atoms with Gasteiger partial charge in [0.15, 0.2) is 0 Å². The number of unbranched alkanes of at least 4 members (excludes halogenated alkanes) is 4. The summed E-state index contributed by atoms with van der Waals surface area (Å²) in [7, 11) is -4.65. The van der Waals surface area contributed by atoms with Gasteiger partial charge in [-0.1, -0.05) is 58.4 Å². The van der Waals surface area contributed by atoms with E-state index in [0.717, 1.165) is 25.2 Å². The molecule has 0 aromatic rings. The Hall–Kier alpha value is 1.17. The molecule has 0 heterocycles. The Morgan fingerprint density at radius 1 is 1.04 bits per heavy atom. The third-order valence-corrected chi connectivity index (χ3v) is 3.97. The minimum absolute atomic E-state index is 0. The number of ether oxygens (including phenoxy) is 2. The first-order valence-corrected chi connectivity index (χ1v) is 10.1. The van der Waals surface area contributed by atoms with E-state index in [-0.39, 0.29) is 70.7 Å². The van der Waals surface area contributed by atoms with Crippen molar-refractivity contribution < 1.29 is 78.0 Å². The second-order valence-electron chi connectivity index (χ2n) is 6.29. The SMILES string of the molecule is C=CCOCC(CCCCCCCC(C)C)OCCOS(=O)(=O)[O-].[K+]. The van der Waals surface area contributed by atoms with Gasteiger partial charge < -0.3 is 14.0 Å². The van der Waals surface area contributed by atoms with Crippen molar-refractivity contribution in [3.8, 4) is 0 Å². The van der Waals surface area contributed by atoms with Gasteiger partial charge in [0.2, 0.25) is 10.4 Å². The third-order valence-electron chi connectivity index (χ3n) is 3.51. The fraction of sp³-hybridized carbons (Fsp3) is 0.882. The monoisotopic (exact) mass is 404 g/mol. The van der Waals surface area contributed by atoms with Gasteiger partial charge in [0.25, 0.3) is 0 Å². The summed E-state index contributed by atoms with van der Waals surface area (Å²) in [6.45, 7) is 8.73. The van der Waals surface area contributed by atoms with Crippen LogP contribution >= 0.6 is 0 Å². The molecular formula is C17H33KO6S. The van der Waals surface area contributed by atoms with Crippen LogP contribution in [-0.2, 0) is 24.1 Å². The number of hydrogen-bond acceptors (Lipinski definition) is 6. The molecule has 25 heavy (non-hydrogen) atoms. The van der Waals surface area contributed by atoms with Gasteiger partial charge in [-0.2, -0.15) is 0 Å². The Morgan fingerprint density at radius 3 is 2.20 bits per heavy atom. The molecule has 0 saturated heterocycles. The largest absolute Gasteiger partial charge is 1.00 e. The Balaban J connectivity index is 0. The molecule has 0 N–H and O–H groups in total. The summed E-state index contributed by atoms with van der Waals surface area (Å²) in [5.74, 6) is 0.768. The molecule has 0 saturated carbocycles. The second-order valence-corrected chi connectivity index (χ2v) is 7.34. The number of rotatable bonds is 17. The molecule has 0 aliphatic heterocycles. The number of hydrogen-bond donors (Lipinski definition) is 0. The molecule has 8 heteroatoms. The van der Waals surface area contributed by atoms with Crippen LogP contribution in [0.3, 0.4) is 0 Å². The van der Waals surface area contributed by atoms with Crippen LogP contribution < -0.4 is 51.4 Å². The molecular weight excluding hydrogens is 371 g/mol. The van der Waals surface area contributed by atoms with Gasteiger partial charge in [-0.25, -0.2) is 8.42 Å². The summed E-state index contributed by atoms with van der Waals surface area (Å²) in [4.78, 5) is 0. The Morgan fingerprint density at radius 2 is 1.64 bits per heavy atom. The average Bonchev–Trinajstić information content (AvgIpc) is 2.48. The van der Waals surface area contributed by atoms with E-state index >= 15 is 0 Å². The summed E-state index contributed by atoms with van der Waals surface area (Å²) in [6.07, 6.45) is 9.58. The van der Waals surface area contributed by atoms with Gasteiger partial charge >= 0.3 is 51.4 Å². The van der Waals surface area contributed by atoms with Crippen molar-refractivity contribution in [2.45, 2.75) is 64.9 Å². The van der Waals surface area contributed by atoms with Crippen molar-refractivity contribution in [3.05, 3.63) is 12.7 Å². The standard InChI is InChI=1S/C17H34O6S.K/c1-4-12-21-15-17(22-13-14-23-24(18,19)20)11-9-7-5-6-8-10-16(2)3;/h4,16-17H,1,5-15H2,2-3H3,(H,18,19,20);/q;+1/p-1. The Kier molecular flexibility index (Phi) is 21.0. The molecule has 0 fully saturated rings. The quantitative estimate of drug-likeness (QED) is 0.115. The summed E-state index contributed by atoms with van der Waals surface area (Å²) >= 11 is 0. The molecule has 1 unspecified atom stereocenters. The normalized spacial score (nSPS) is 12.8. The molecule has 6 nitrogen and oxygen atoms in total. The van der Waals surface area contributed by atoms with Crippen LogP contribution in [0.2, 0.25) is 0 Å². The maximum Gasteiger partial charge on any atom is 1.00 e. The van der Waals surface area contributed by atoms with Crippen LogP contribution in [0.25, 0.3) is 0 Å². The van der Waals surface area contributed by atoms with Crippen LogP contribution in [0.4, 0.5) is 0 Å². The van der Waals surface area contributed by atoms with E-state index in [9.17, 15) is 13.0 Å². The first-order chi connectivity index (χ1) is 11.3. The van der Waals surface area contributed by atoms with E-state index in [4.69, 9.17) is 9.47 Å². The van der Waals surface area contributed by atoms with Gasteiger partial charge in [0.05, 0.1) is 32.5 Å². The first-order valence-electron chi connectivity index (χ1n) is 8.75. The van der Waals surface area contributed by atoms with Crippen LogP contribution in [0.15, 0.2) is 12.7 Å². The van der Waals surface area contributed by atoms with Crippen molar-refractivity contribution in [2.24, 2.45) is 5.92 Å².